The number of hydrogen-bond acceptors (Lipinski definition) is 4. The molecule has 0 aliphatic carbocycles. The summed E-state index contributed by atoms with van der Waals surface area (Å²) in [6.45, 7) is 3.05. The van der Waals surface area contributed by atoms with Crippen molar-refractivity contribution in [1.29, 1.82) is 0 Å². The SMILES string of the molecule is Cc1ccccc1C(=O)N1CCC(NS(=O)(=O)c2cccs2)CC1. The molecule has 0 saturated carbocycles. The molecule has 1 aromatic heterocycles. The Morgan fingerprint density at radius 2 is 1.88 bits per heavy atom. The Kier molecular flexibility index (Phi) is 5.03. The highest BCUT2D eigenvalue weighted by Crippen LogP contribution is 2.20. The van der Waals surface area contributed by atoms with E-state index < -0.39 is 10.0 Å². The molecule has 1 N–H and O–H groups in total. The molecule has 0 bridgehead atoms. The monoisotopic (exact) mass is 364 g/mol. The topological polar surface area (TPSA) is 66.5 Å². The lowest BCUT2D eigenvalue weighted by molar-refractivity contribution is 0.0710. The summed E-state index contributed by atoms with van der Waals surface area (Å²) in [5.74, 6) is 0.0210. The molecular weight excluding hydrogens is 344 g/mol. The third-order valence-corrected chi connectivity index (χ3v) is 7.16. The third kappa shape index (κ3) is 3.68. The molecule has 128 valence electrons. The van der Waals surface area contributed by atoms with Gasteiger partial charge in [0.05, 0.1) is 0 Å². The van der Waals surface area contributed by atoms with Crippen LogP contribution >= 0.6 is 11.3 Å². The fraction of sp³-hybridized carbons (Fsp3) is 0.353. The van der Waals surface area contributed by atoms with Gasteiger partial charge < -0.3 is 4.90 Å². The number of nitrogens with one attached hydrogen (secondary N) is 1. The summed E-state index contributed by atoms with van der Waals surface area (Å²) >= 11 is 1.21. The Morgan fingerprint density at radius 1 is 1.17 bits per heavy atom. The van der Waals surface area contributed by atoms with Crippen LogP contribution in [0.25, 0.3) is 0 Å². The van der Waals surface area contributed by atoms with Gasteiger partial charge in [0.2, 0.25) is 10.0 Å². The number of sulfonamides is 1. The number of benzene rings is 1. The number of piperidine rings is 1. The van der Waals surface area contributed by atoms with Crippen LogP contribution in [0.5, 0.6) is 0 Å². The summed E-state index contributed by atoms with van der Waals surface area (Å²) in [5, 5.41) is 1.75. The van der Waals surface area contributed by atoms with Crippen LogP contribution in [0.2, 0.25) is 0 Å². The van der Waals surface area contributed by atoms with Crippen LogP contribution in [-0.4, -0.2) is 38.4 Å². The van der Waals surface area contributed by atoms with E-state index in [2.05, 4.69) is 4.72 Å². The van der Waals surface area contributed by atoms with E-state index in [1.54, 1.807) is 22.4 Å². The molecule has 0 radical (unpaired) electrons. The minimum absolute atomic E-state index is 0.0210. The smallest absolute Gasteiger partial charge is 0.254 e. The Hall–Kier alpha value is -1.70. The molecular formula is C17H20N2O3S2. The van der Waals surface area contributed by atoms with Crippen molar-refractivity contribution in [3.8, 4) is 0 Å². The van der Waals surface area contributed by atoms with Crippen molar-refractivity contribution in [3.05, 3.63) is 52.9 Å². The number of likely N-dealkylation sites (tertiary alicyclic amines) is 1. The predicted octanol–water partition coefficient (Wildman–Crippen LogP) is 2.64. The number of thiophene rings is 1. The molecule has 0 atom stereocenters. The van der Waals surface area contributed by atoms with Gasteiger partial charge >= 0.3 is 0 Å². The molecule has 0 spiro atoms. The quantitative estimate of drug-likeness (QED) is 0.907. The van der Waals surface area contributed by atoms with E-state index >= 15 is 0 Å². The number of amides is 1. The van der Waals surface area contributed by atoms with Gasteiger partial charge in [0.25, 0.3) is 5.91 Å². The molecule has 0 unspecified atom stereocenters. The number of carbonyl (C=O) groups excluding carboxylic acids is 1. The Labute approximate surface area is 146 Å². The second kappa shape index (κ2) is 7.04. The van der Waals surface area contributed by atoms with Crippen molar-refractivity contribution in [3.63, 3.8) is 0 Å². The molecule has 2 heterocycles. The van der Waals surface area contributed by atoms with Crippen molar-refractivity contribution in [2.45, 2.75) is 30.0 Å². The van der Waals surface area contributed by atoms with Gasteiger partial charge in [-0.3, -0.25) is 4.79 Å². The lowest BCUT2D eigenvalue weighted by atomic mass is 10.0. The summed E-state index contributed by atoms with van der Waals surface area (Å²) in [6, 6.07) is 10.7. The highest BCUT2D eigenvalue weighted by atomic mass is 32.2. The molecule has 1 aliphatic heterocycles. The number of hydrogen-bond donors (Lipinski definition) is 1. The molecule has 1 amide bonds. The molecule has 7 heteroatoms. The van der Waals surface area contributed by atoms with Gasteiger partial charge in [0, 0.05) is 24.7 Å². The average Bonchev–Trinajstić information content (AvgIpc) is 3.10. The minimum Gasteiger partial charge on any atom is -0.339 e. The molecule has 2 aromatic rings. The van der Waals surface area contributed by atoms with Crippen molar-refractivity contribution in [2.24, 2.45) is 0 Å². The third-order valence-electron chi connectivity index (χ3n) is 4.24. The average molecular weight is 364 g/mol. The molecule has 1 fully saturated rings. The van der Waals surface area contributed by atoms with Crippen molar-refractivity contribution in [2.75, 3.05) is 13.1 Å². The Bertz CT molecular complexity index is 808. The summed E-state index contributed by atoms with van der Waals surface area (Å²) in [5.41, 5.74) is 1.68. The van der Waals surface area contributed by atoms with Crippen LogP contribution in [0.4, 0.5) is 0 Å². The first-order valence-electron chi connectivity index (χ1n) is 7.88. The summed E-state index contributed by atoms with van der Waals surface area (Å²) in [7, 11) is -3.45. The number of carbonyl (C=O) groups is 1. The van der Waals surface area contributed by atoms with Crippen LogP contribution in [0.1, 0.15) is 28.8 Å². The molecule has 1 aromatic carbocycles. The van der Waals surface area contributed by atoms with Gasteiger partial charge in [-0.1, -0.05) is 24.3 Å². The standard InChI is InChI=1S/C17H20N2O3S2/c1-13-5-2-3-6-15(13)17(20)19-10-8-14(9-11-19)18-24(21,22)16-7-4-12-23-16/h2-7,12,14,18H,8-11H2,1H3. The highest BCUT2D eigenvalue weighted by molar-refractivity contribution is 7.91. The fourth-order valence-electron chi connectivity index (χ4n) is 2.88. The highest BCUT2D eigenvalue weighted by Gasteiger charge is 2.27. The van der Waals surface area contributed by atoms with E-state index in [0.29, 0.717) is 30.1 Å². The first-order valence-corrected chi connectivity index (χ1v) is 10.2. The fourth-order valence-corrected chi connectivity index (χ4v) is 5.19. The van der Waals surface area contributed by atoms with Crippen molar-refractivity contribution < 1.29 is 13.2 Å². The first-order chi connectivity index (χ1) is 11.5. The van der Waals surface area contributed by atoms with Crippen molar-refractivity contribution >= 4 is 27.3 Å². The maximum Gasteiger partial charge on any atom is 0.254 e. The van der Waals surface area contributed by atoms with E-state index in [0.717, 1.165) is 11.1 Å². The van der Waals surface area contributed by atoms with Gasteiger partial charge in [-0.05, 0) is 42.8 Å². The summed E-state index contributed by atoms with van der Waals surface area (Å²) in [4.78, 5) is 14.4. The van der Waals surface area contributed by atoms with E-state index in [4.69, 9.17) is 0 Å². The first kappa shape index (κ1) is 17.1. The van der Waals surface area contributed by atoms with Crippen LogP contribution in [0.3, 0.4) is 0 Å². The van der Waals surface area contributed by atoms with E-state index in [1.807, 2.05) is 31.2 Å². The van der Waals surface area contributed by atoms with E-state index in [-0.39, 0.29) is 11.9 Å². The van der Waals surface area contributed by atoms with Gasteiger partial charge in [-0.15, -0.1) is 11.3 Å². The molecule has 3 rings (SSSR count). The number of nitrogens with zero attached hydrogens (tertiary/aromatic N) is 1. The van der Waals surface area contributed by atoms with Crippen molar-refractivity contribution in [1.82, 2.24) is 9.62 Å². The normalized spacial score (nSPS) is 16.3. The molecule has 5 nitrogen and oxygen atoms in total. The zero-order chi connectivity index (χ0) is 17.2. The van der Waals surface area contributed by atoms with E-state index in [1.165, 1.54) is 11.3 Å². The predicted molar refractivity (Wildman–Crippen MR) is 94.7 cm³/mol. The van der Waals surface area contributed by atoms with Crippen LogP contribution in [0.15, 0.2) is 46.0 Å². The number of rotatable bonds is 4. The second-order valence-electron chi connectivity index (χ2n) is 5.93. The maximum atomic E-state index is 12.6. The zero-order valence-corrected chi connectivity index (χ0v) is 15.1. The summed E-state index contributed by atoms with van der Waals surface area (Å²) < 4.78 is 27.6. The summed E-state index contributed by atoms with van der Waals surface area (Å²) in [6.07, 6.45) is 1.25. The number of aryl methyl sites for hydroxylation is 1. The minimum atomic E-state index is -3.45. The largest absolute Gasteiger partial charge is 0.339 e. The van der Waals surface area contributed by atoms with Crippen LogP contribution in [-0.2, 0) is 10.0 Å². The lowest BCUT2D eigenvalue weighted by Crippen LogP contribution is -2.46. The van der Waals surface area contributed by atoms with Crippen LogP contribution in [0, 0.1) is 6.92 Å². The van der Waals surface area contributed by atoms with Crippen LogP contribution < -0.4 is 4.72 Å². The van der Waals surface area contributed by atoms with Gasteiger partial charge in [0.1, 0.15) is 4.21 Å². The molecule has 1 saturated heterocycles. The lowest BCUT2D eigenvalue weighted by Gasteiger charge is -2.32. The maximum absolute atomic E-state index is 12.6. The van der Waals surface area contributed by atoms with Gasteiger partial charge in [-0.25, -0.2) is 13.1 Å². The van der Waals surface area contributed by atoms with Gasteiger partial charge in [-0.2, -0.15) is 0 Å². The van der Waals surface area contributed by atoms with E-state index in [9.17, 15) is 13.2 Å². The molecule has 1 aliphatic rings. The zero-order valence-electron chi connectivity index (χ0n) is 13.4. The molecule has 24 heavy (non-hydrogen) atoms. The van der Waals surface area contributed by atoms with Gasteiger partial charge in [0.15, 0.2) is 0 Å². The Morgan fingerprint density at radius 3 is 2.50 bits per heavy atom. The Balaban J connectivity index is 1.60. The second-order valence-corrected chi connectivity index (χ2v) is 8.82.